The minimum atomic E-state index is -0.922. The first-order chi connectivity index (χ1) is 18.6. The van der Waals surface area contributed by atoms with Crippen LogP contribution in [0.5, 0.6) is 11.5 Å². The molecule has 9 heteroatoms. The van der Waals surface area contributed by atoms with Gasteiger partial charge in [-0.3, -0.25) is 19.5 Å². The summed E-state index contributed by atoms with van der Waals surface area (Å²) >= 11 is 0. The van der Waals surface area contributed by atoms with Gasteiger partial charge >= 0.3 is 0 Å². The molecule has 0 bridgehead atoms. The molecule has 208 valence electrons. The zero-order valence-electron chi connectivity index (χ0n) is 23.7. The SMILES string of the molecule is COc1ccc(C(OC)C(=O)N(CC(=O)Nc2nc(C3(C)CC3C)cn2-c2ccccc2)C(C)C)cc1OC. The van der Waals surface area contributed by atoms with E-state index in [4.69, 9.17) is 19.2 Å². The number of imidazole rings is 1. The van der Waals surface area contributed by atoms with E-state index in [9.17, 15) is 9.59 Å². The van der Waals surface area contributed by atoms with E-state index >= 15 is 0 Å². The number of aromatic nitrogens is 2. The lowest BCUT2D eigenvalue weighted by Gasteiger charge is -2.30. The number of amides is 2. The number of carbonyl (C=O) groups is 2. The van der Waals surface area contributed by atoms with Gasteiger partial charge in [-0.15, -0.1) is 0 Å². The molecular weight excluding hydrogens is 496 g/mol. The lowest BCUT2D eigenvalue weighted by Crippen LogP contribution is -2.45. The summed E-state index contributed by atoms with van der Waals surface area (Å²) in [4.78, 5) is 33.3. The van der Waals surface area contributed by atoms with Crippen molar-refractivity contribution in [2.75, 3.05) is 33.2 Å². The van der Waals surface area contributed by atoms with Crippen molar-refractivity contribution in [3.63, 3.8) is 0 Å². The fraction of sp³-hybridized carbons (Fsp3) is 0.433. The number of para-hydroxylation sites is 1. The highest BCUT2D eigenvalue weighted by Crippen LogP contribution is 2.53. The van der Waals surface area contributed by atoms with Crippen LogP contribution in [0.2, 0.25) is 0 Å². The Labute approximate surface area is 230 Å². The van der Waals surface area contributed by atoms with Gasteiger partial charge < -0.3 is 19.1 Å². The van der Waals surface area contributed by atoms with Crippen molar-refractivity contribution in [1.29, 1.82) is 0 Å². The molecule has 0 aliphatic heterocycles. The third kappa shape index (κ3) is 5.78. The summed E-state index contributed by atoms with van der Waals surface area (Å²) in [5, 5.41) is 2.96. The number of rotatable bonds is 11. The average Bonchev–Trinajstić information content (AvgIpc) is 3.34. The summed E-state index contributed by atoms with van der Waals surface area (Å²) in [6.45, 7) is 7.97. The first-order valence-corrected chi connectivity index (χ1v) is 13.1. The Hall–Kier alpha value is -3.85. The van der Waals surface area contributed by atoms with Crippen molar-refractivity contribution in [3.05, 3.63) is 66.0 Å². The zero-order chi connectivity index (χ0) is 28.3. The van der Waals surface area contributed by atoms with E-state index in [1.807, 2.05) is 54.9 Å². The molecular formula is C30H38N4O5. The highest BCUT2D eigenvalue weighted by atomic mass is 16.5. The van der Waals surface area contributed by atoms with Crippen LogP contribution in [0.15, 0.2) is 54.7 Å². The molecule has 3 unspecified atom stereocenters. The van der Waals surface area contributed by atoms with Gasteiger partial charge in [-0.1, -0.05) is 38.1 Å². The molecule has 0 saturated heterocycles. The van der Waals surface area contributed by atoms with Crippen molar-refractivity contribution >= 4 is 17.8 Å². The molecule has 3 atom stereocenters. The number of anilines is 1. The minimum absolute atomic E-state index is 0.00938. The number of hydrogen-bond donors (Lipinski definition) is 1. The fourth-order valence-electron chi connectivity index (χ4n) is 4.84. The number of benzene rings is 2. The molecule has 3 aromatic rings. The molecule has 2 amide bonds. The molecule has 1 saturated carbocycles. The first kappa shape index (κ1) is 28.2. The Balaban J connectivity index is 1.56. The van der Waals surface area contributed by atoms with Crippen LogP contribution in [0.1, 0.15) is 51.5 Å². The van der Waals surface area contributed by atoms with E-state index in [0.717, 1.165) is 17.8 Å². The van der Waals surface area contributed by atoms with Crippen LogP contribution in [0.25, 0.3) is 5.69 Å². The lowest BCUT2D eigenvalue weighted by molar-refractivity contribution is -0.146. The van der Waals surface area contributed by atoms with Crippen LogP contribution in [-0.2, 0) is 19.7 Å². The normalized spacial score (nSPS) is 18.9. The van der Waals surface area contributed by atoms with Gasteiger partial charge in [0, 0.05) is 30.5 Å². The summed E-state index contributed by atoms with van der Waals surface area (Å²) in [7, 11) is 4.55. The molecule has 0 spiro atoms. The zero-order valence-corrected chi connectivity index (χ0v) is 23.7. The van der Waals surface area contributed by atoms with Gasteiger partial charge in [0.05, 0.1) is 19.9 Å². The summed E-state index contributed by atoms with van der Waals surface area (Å²) in [6.07, 6.45) is 2.13. The first-order valence-electron chi connectivity index (χ1n) is 13.1. The molecule has 1 aliphatic rings. The molecule has 39 heavy (non-hydrogen) atoms. The van der Waals surface area contributed by atoms with Crippen LogP contribution in [0.3, 0.4) is 0 Å². The molecule has 2 aromatic carbocycles. The molecule has 1 aliphatic carbocycles. The topological polar surface area (TPSA) is 94.9 Å². The Bertz CT molecular complexity index is 1320. The van der Waals surface area contributed by atoms with E-state index in [1.54, 1.807) is 25.3 Å². The van der Waals surface area contributed by atoms with E-state index in [-0.39, 0.29) is 29.8 Å². The predicted octanol–water partition coefficient (Wildman–Crippen LogP) is 4.75. The van der Waals surface area contributed by atoms with E-state index < -0.39 is 6.10 Å². The maximum Gasteiger partial charge on any atom is 0.257 e. The lowest BCUT2D eigenvalue weighted by atomic mass is 10.0. The van der Waals surface area contributed by atoms with Crippen molar-refractivity contribution in [2.24, 2.45) is 5.92 Å². The van der Waals surface area contributed by atoms with E-state index in [0.29, 0.717) is 28.9 Å². The van der Waals surface area contributed by atoms with Crippen molar-refractivity contribution < 1.29 is 23.8 Å². The summed E-state index contributed by atoms with van der Waals surface area (Å²) in [5.74, 6) is 1.31. The predicted molar refractivity (Wildman–Crippen MR) is 149 cm³/mol. The number of hydrogen-bond acceptors (Lipinski definition) is 6. The Kier molecular flexibility index (Phi) is 8.30. The monoisotopic (exact) mass is 534 g/mol. The van der Waals surface area contributed by atoms with Crippen molar-refractivity contribution in [3.8, 4) is 17.2 Å². The summed E-state index contributed by atoms with van der Waals surface area (Å²) in [6, 6.07) is 14.7. The molecule has 1 N–H and O–H groups in total. The number of methoxy groups -OCH3 is 3. The Morgan fingerprint density at radius 1 is 1.10 bits per heavy atom. The van der Waals surface area contributed by atoms with Gasteiger partial charge in [-0.25, -0.2) is 4.98 Å². The fourth-order valence-corrected chi connectivity index (χ4v) is 4.84. The van der Waals surface area contributed by atoms with E-state index in [1.165, 1.54) is 19.1 Å². The highest BCUT2D eigenvalue weighted by molar-refractivity contribution is 5.94. The number of ether oxygens (including phenoxy) is 3. The van der Waals surface area contributed by atoms with Gasteiger partial charge in [0.1, 0.15) is 6.54 Å². The molecule has 0 radical (unpaired) electrons. The number of nitrogens with one attached hydrogen (secondary N) is 1. The maximum absolute atomic E-state index is 13.7. The molecule has 1 aromatic heterocycles. The van der Waals surface area contributed by atoms with Gasteiger partial charge in [0.25, 0.3) is 5.91 Å². The van der Waals surface area contributed by atoms with Crippen molar-refractivity contribution in [2.45, 2.75) is 51.7 Å². The molecule has 9 nitrogen and oxygen atoms in total. The Morgan fingerprint density at radius 3 is 2.33 bits per heavy atom. The van der Waals surface area contributed by atoms with Crippen molar-refractivity contribution in [1.82, 2.24) is 14.5 Å². The molecule has 4 rings (SSSR count). The maximum atomic E-state index is 13.7. The quantitative estimate of drug-likeness (QED) is 0.382. The number of carbonyl (C=O) groups excluding carboxylic acids is 2. The second-order valence-corrected chi connectivity index (χ2v) is 10.5. The van der Waals surface area contributed by atoms with E-state index in [2.05, 4.69) is 19.2 Å². The second kappa shape index (κ2) is 11.5. The summed E-state index contributed by atoms with van der Waals surface area (Å²) < 4.78 is 18.2. The van der Waals surface area contributed by atoms with Crippen LogP contribution in [0.4, 0.5) is 5.95 Å². The Morgan fingerprint density at radius 2 is 1.77 bits per heavy atom. The van der Waals surface area contributed by atoms with Gasteiger partial charge in [0.2, 0.25) is 11.9 Å². The third-order valence-corrected chi connectivity index (χ3v) is 7.63. The summed E-state index contributed by atoms with van der Waals surface area (Å²) in [5.41, 5.74) is 2.43. The van der Waals surface area contributed by atoms with Gasteiger partial charge in [-0.2, -0.15) is 0 Å². The standard InChI is InChI=1S/C30H38N4O5/c1-19(2)33(28(36)27(39-7)21-13-14-23(37-5)24(15-21)38-6)18-26(35)32-29-31-25(30(4)16-20(30)3)17-34(29)22-11-9-8-10-12-22/h8-15,17,19-20,27H,16,18H2,1-7H3,(H,31,32,35). The third-order valence-electron chi connectivity index (χ3n) is 7.63. The second-order valence-electron chi connectivity index (χ2n) is 10.5. The largest absolute Gasteiger partial charge is 0.493 e. The minimum Gasteiger partial charge on any atom is -0.493 e. The van der Waals surface area contributed by atoms with Crippen LogP contribution < -0.4 is 14.8 Å². The smallest absolute Gasteiger partial charge is 0.257 e. The van der Waals surface area contributed by atoms with Gasteiger partial charge in [0.15, 0.2) is 17.6 Å². The van der Waals surface area contributed by atoms with Crippen LogP contribution in [0, 0.1) is 5.92 Å². The van der Waals surface area contributed by atoms with Crippen LogP contribution in [-0.4, -0.2) is 60.2 Å². The van der Waals surface area contributed by atoms with Gasteiger partial charge in [-0.05, 0) is 56.0 Å². The van der Waals surface area contributed by atoms with Crippen LogP contribution >= 0.6 is 0 Å². The number of nitrogens with zero attached hydrogens (tertiary/aromatic N) is 3. The highest BCUT2D eigenvalue weighted by Gasteiger charge is 2.50. The molecule has 1 heterocycles. The average molecular weight is 535 g/mol. The molecule has 1 fully saturated rings.